The molecule has 218 valence electrons. The van der Waals surface area contributed by atoms with E-state index in [2.05, 4.69) is 82.6 Å². The van der Waals surface area contributed by atoms with Crippen molar-refractivity contribution < 1.29 is 9.53 Å². The molecule has 0 aliphatic carbocycles. The van der Waals surface area contributed by atoms with Crippen LogP contribution in [-0.4, -0.2) is 90.7 Å². The molecule has 42 heavy (non-hydrogen) atoms. The Labute approximate surface area is 248 Å². The molecule has 0 N–H and O–H groups in total. The fraction of sp³-hybridized carbons (Fsp3) is 0.455. The molecule has 0 bridgehead atoms. The van der Waals surface area contributed by atoms with Gasteiger partial charge in [0.25, 0.3) is 0 Å². The molecular formula is C33H39N7O2. The quantitative estimate of drug-likeness (QED) is 0.317. The minimum absolute atomic E-state index is 0.127. The second kappa shape index (κ2) is 12.0. The van der Waals surface area contributed by atoms with Gasteiger partial charge in [-0.3, -0.25) is 9.69 Å². The van der Waals surface area contributed by atoms with Gasteiger partial charge in [0.15, 0.2) is 0 Å². The maximum Gasteiger partial charge on any atom is 0.318 e. The first kappa shape index (κ1) is 28.0. The van der Waals surface area contributed by atoms with Crippen LogP contribution in [0.15, 0.2) is 55.1 Å². The third kappa shape index (κ3) is 5.51. The Kier molecular flexibility index (Phi) is 7.98. The lowest BCUT2D eigenvalue weighted by Crippen LogP contribution is -2.56. The van der Waals surface area contributed by atoms with Crippen molar-refractivity contribution in [2.45, 2.75) is 38.4 Å². The van der Waals surface area contributed by atoms with Gasteiger partial charge in [-0.05, 0) is 43.3 Å². The van der Waals surface area contributed by atoms with Crippen molar-refractivity contribution in [2.75, 3.05) is 62.7 Å². The summed E-state index contributed by atoms with van der Waals surface area (Å²) < 4.78 is 6.33. The molecule has 3 aromatic rings. The van der Waals surface area contributed by atoms with Crippen LogP contribution in [0, 0.1) is 12.5 Å². The van der Waals surface area contributed by atoms with Gasteiger partial charge in [0.2, 0.25) is 12.5 Å². The number of carbonyl (C=O) groups is 1. The van der Waals surface area contributed by atoms with E-state index in [0.29, 0.717) is 50.8 Å². The van der Waals surface area contributed by atoms with Gasteiger partial charge in [-0.25, -0.2) is 6.57 Å². The number of nitrogens with zero attached hydrogens (tertiary/aromatic N) is 7. The summed E-state index contributed by atoms with van der Waals surface area (Å²) in [5.41, 5.74) is 3.32. The highest BCUT2D eigenvalue weighted by molar-refractivity contribution is 5.94. The molecule has 9 heteroatoms. The van der Waals surface area contributed by atoms with E-state index in [1.54, 1.807) is 4.90 Å². The lowest BCUT2D eigenvalue weighted by atomic mass is 10.0. The van der Waals surface area contributed by atoms with Gasteiger partial charge < -0.3 is 24.3 Å². The lowest BCUT2D eigenvalue weighted by Gasteiger charge is -2.41. The van der Waals surface area contributed by atoms with E-state index in [1.807, 2.05) is 0 Å². The molecule has 3 aliphatic heterocycles. The lowest BCUT2D eigenvalue weighted by molar-refractivity contribution is -0.128. The summed E-state index contributed by atoms with van der Waals surface area (Å²) >= 11 is 0. The van der Waals surface area contributed by atoms with Crippen LogP contribution in [0.25, 0.3) is 15.6 Å². The average molecular weight is 566 g/mol. The van der Waals surface area contributed by atoms with E-state index in [0.717, 1.165) is 43.0 Å². The van der Waals surface area contributed by atoms with Crippen LogP contribution in [0.5, 0.6) is 6.01 Å². The summed E-state index contributed by atoms with van der Waals surface area (Å²) in [6, 6.07) is 15.5. The van der Waals surface area contributed by atoms with Gasteiger partial charge in [-0.1, -0.05) is 49.9 Å². The van der Waals surface area contributed by atoms with Crippen molar-refractivity contribution in [3.8, 4) is 6.01 Å². The average Bonchev–Trinajstić information content (AvgIpc) is 3.34. The van der Waals surface area contributed by atoms with Gasteiger partial charge in [-0.2, -0.15) is 9.97 Å². The molecule has 2 fully saturated rings. The fourth-order valence-electron chi connectivity index (χ4n) is 6.85. The van der Waals surface area contributed by atoms with Crippen LogP contribution in [0.3, 0.4) is 0 Å². The number of aromatic nitrogens is 2. The van der Waals surface area contributed by atoms with E-state index in [1.165, 1.54) is 22.5 Å². The predicted octanol–water partition coefficient (Wildman–Crippen LogP) is 4.03. The maximum atomic E-state index is 12.5. The molecule has 2 saturated heterocycles. The predicted molar refractivity (Wildman–Crippen MR) is 166 cm³/mol. The number of rotatable bonds is 7. The smallest absolute Gasteiger partial charge is 0.318 e. The highest BCUT2D eigenvalue weighted by Gasteiger charge is 2.35. The second-order valence-electron chi connectivity index (χ2n) is 11.8. The maximum absolute atomic E-state index is 12.5. The Hall–Kier alpha value is -4.16. The number of carbonyl (C=O) groups excluding carboxylic acids is 1. The van der Waals surface area contributed by atoms with Crippen LogP contribution < -0.4 is 14.5 Å². The minimum atomic E-state index is -0.221. The van der Waals surface area contributed by atoms with Gasteiger partial charge in [0.05, 0.1) is 12.2 Å². The van der Waals surface area contributed by atoms with Crippen LogP contribution in [0.1, 0.15) is 24.6 Å². The van der Waals surface area contributed by atoms with E-state index < -0.39 is 0 Å². The Bertz CT molecular complexity index is 1510. The molecule has 0 spiro atoms. The van der Waals surface area contributed by atoms with Crippen molar-refractivity contribution >= 4 is 28.2 Å². The molecule has 0 saturated carbocycles. The molecule has 3 aliphatic rings. The molecule has 3 atom stereocenters. The first-order chi connectivity index (χ1) is 20.4. The summed E-state index contributed by atoms with van der Waals surface area (Å²) in [4.78, 5) is 34.9. The van der Waals surface area contributed by atoms with E-state index in [9.17, 15) is 4.79 Å². The number of ether oxygens (including phenoxy) is 1. The zero-order chi connectivity index (χ0) is 29.2. The summed E-state index contributed by atoms with van der Waals surface area (Å²) in [7, 11) is 2.15. The van der Waals surface area contributed by atoms with Crippen LogP contribution in [-0.2, 0) is 17.8 Å². The van der Waals surface area contributed by atoms with Gasteiger partial charge in [0, 0.05) is 55.4 Å². The highest BCUT2D eigenvalue weighted by atomic mass is 16.5. The number of piperazine rings is 1. The van der Waals surface area contributed by atoms with Crippen LogP contribution >= 0.6 is 0 Å². The Morgan fingerprint density at radius 3 is 2.71 bits per heavy atom. The van der Waals surface area contributed by atoms with Crippen molar-refractivity contribution in [1.29, 1.82) is 0 Å². The van der Waals surface area contributed by atoms with Crippen molar-refractivity contribution in [2.24, 2.45) is 5.92 Å². The molecular weight excluding hydrogens is 526 g/mol. The molecule has 1 unspecified atom stereocenters. The largest absolute Gasteiger partial charge is 0.462 e. The van der Waals surface area contributed by atoms with Crippen LogP contribution in [0.2, 0.25) is 0 Å². The fourth-order valence-corrected chi connectivity index (χ4v) is 6.85. The van der Waals surface area contributed by atoms with Crippen molar-refractivity contribution in [3.63, 3.8) is 0 Å². The van der Waals surface area contributed by atoms with E-state index >= 15 is 0 Å². The summed E-state index contributed by atoms with van der Waals surface area (Å²) in [5, 5.41) is 2.46. The molecule has 9 nitrogen and oxygen atoms in total. The Morgan fingerprint density at radius 1 is 1.10 bits per heavy atom. The minimum Gasteiger partial charge on any atom is -0.462 e. The van der Waals surface area contributed by atoms with Gasteiger partial charge >= 0.3 is 6.01 Å². The number of likely N-dealkylation sites (tertiary alicyclic amines) is 1. The zero-order valence-electron chi connectivity index (χ0n) is 24.6. The molecule has 4 heterocycles. The molecule has 1 aromatic heterocycles. The first-order valence-electron chi connectivity index (χ1n) is 14.9. The molecule has 6 rings (SSSR count). The third-order valence-corrected chi connectivity index (χ3v) is 8.97. The third-order valence-electron chi connectivity index (χ3n) is 8.97. The standard InChI is InChI=1S/C33H39N7O2/c1-5-31(41)40-16-15-39(20-26(40)18-34-3)32-28-13-14-38(30-12-8-10-24-9-6-7-11-27(24)30)21-29(28)35-33(36-32)42-22-25-17-23(2)19-37(25)4/h5-12,23,25-26H,1,13-22H2,2,4H3/t23-,25+,26?/m1/s1. The molecule has 1 amide bonds. The second-order valence-corrected chi connectivity index (χ2v) is 11.8. The number of hydrogen-bond donors (Lipinski definition) is 0. The SMILES string of the molecule is [C-]#[N+]CC1CN(c2nc(OC[C@@H]3C[C@@H](C)CN3C)nc3c2CCN(c2cccc4ccccc24)C3)CCN1C(=O)C=C. The molecule has 2 aromatic carbocycles. The number of anilines is 2. The first-order valence-corrected chi connectivity index (χ1v) is 14.9. The molecule has 0 radical (unpaired) electrons. The number of fused-ring (bicyclic) bond motifs is 2. The number of hydrogen-bond acceptors (Lipinski definition) is 7. The van der Waals surface area contributed by atoms with Crippen LogP contribution in [0.4, 0.5) is 11.5 Å². The summed E-state index contributed by atoms with van der Waals surface area (Å²) in [6.45, 7) is 18.5. The zero-order valence-corrected chi connectivity index (χ0v) is 24.6. The van der Waals surface area contributed by atoms with Crippen molar-refractivity contribution in [1.82, 2.24) is 19.8 Å². The van der Waals surface area contributed by atoms with Gasteiger partial charge in [0.1, 0.15) is 18.5 Å². The topological polar surface area (TPSA) is 69.4 Å². The summed E-state index contributed by atoms with van der Waals surface area (Å²) in [5.74, 6) is 1.39. The Morgan fingerprint density at radius 2 is 1.93 bits per heavy atom. The number of benzene rings is 2. The highest BCUT2D eigenvalue weighted by Crippen LogP contribution is 2.35. The van der Waals surface area contributed by atoms with E-state index in [4.69, 9.17) is 21.3 Å². The van der Waals surface area contributed by atoms with Gasteiger partial charge in [-0.15, -0.1) is 0 Å². The Balaban J connectivity index is 1.32. The monoisotopic (exact) mass is 565 g/mol. The number of likely N-dealkylation sites (N-methyl/N-ethyl adjacent to an activating group) is 1. The van der Waals surface area contributed by atoms with E-state index in [-0.39, 0.29) is 18.5 Å². The van der Waals surface area contributed by atoms with Crippen molar-refractivity contribution in [3.05, 3.63) is 77.8 Å². The summed E-state index contributed by atoms with van der Waals surface area (Å²) in [6.07, 6.45) is 3.24. The normalized spacial score (nSPS) is 22.6. The number of amides is 1.